The van der Waals surface area contributed by atoms with E-state index in [1.165, 1.54) is 61.9 Å². The molecule has 0 atom stereocenters. The molecule has 78 heavy (non-hydrogen) atoms. The monoisotopic (exact) mass is 1030 g/mol. The number of thiophene rings is 2. The number of benzene rings is 11. The van der Waals surface area contributed by atoms with Crippen LogP contribution in [-0.2, 0) is 0 Å². The summed E-state index contributed by atoms with van der Waals surface area (Å²) in [6, 6.07) is 88.3. The lowest BCUT2D eigenvalue weighted by atomic mass is 9.91. The van der Waals surface area contributed by atoms with Crippen LogP contribution in [0.3, 0.4) is 0 Å². The van der Waals surface area contributed by atoms with Gasteiger partial charge in [-0.15, -0.1) is 22.7 Å². The number of nitriles is 1. The van der Waals surface area contributed by atoms with Crippen molar-refractivity contribution in [1.29, 1.82) is 5.26 Å². The van der Waals surface area contributed by atoms with E-state index in [1.807, 2.05) is 83.3 Å². The van der Waals surface area contributed by atoms with Gasteiger partial charge in [-0.3, -0.25) is 0 Å². The Labute approximate surface area is 455 Å². The van der Waals surface area contributed by atoms with Crippen molar-refractivity contribution < 1.29 is 0 Å². The SMILES string of the molecule is N#Cc1ccccc1-c1ccc(-n2c3ccccc3c3c4sc5ccccc5c4ccc32)c(-c2cccc(-n3c4ccccc4c4c5sc6ccccc6c5ccc43)c2-c2nc(-c3ccccc3)nc(-c3ccccc3)n2)c1. The molecule has 0 radical (unpaired) electrons. The second-order valence-electron chi connectivity index (χ2n) is 19.7. The Morgan fingerprint density at radius 3 is 1.41 bits per heavy atom. The Kier molecular flexibility index (Phi) is 9.94. The zero-order chi connectivity index (χ0) is 51.4. The minimum atomic E-state index is 0.533. The molecule has 5 heterocycles. The minimum absolute atomic E-state index is 0.533. The van der Waals surface area contributed by atoms with Gasteiger partial charge in [0.05, 0.1) is 50.6 Å². The van der Waals surface area contributed by atoms with E-state index in [1.54, 1.807) is 0 Å². The highest BCUT2D eigenvalue weighted by molar-refractivity contribution is 7.27. The van der Waals surface area contributed by atoms with Crippen molar-refractivity contribution in [1.82, 2.24) is 24.1 Å². The molecule has 0 saturated heterocycles. The molecule has 0 aliphatic carbocycles. The van der Waals surface area contributed by atoms with Crippen molar-refractivity contribution in [3.63, 3.8) is 0 Å². The van der Waals surface area contributed by atoms with Crippen molar-refractivity contribution in [2.75, 3.05) is 0 Å². The summed E-state index contributed by atoms with van der Waals surface area (Å²) in [5, 5.41) is 20.4. The predicted molar refractivity (Wildman–Crippen MR) is 326 cm³/mol. The normalized spacial score (nSPS) is 11.8. The van der Waals surface area contributed by atoms with Crippen molar-refractivity contribution >= 4 is 107 Å². The van der Waals surface area contributed by atoms with E-state index in [0.29, 0.717) is 23.0 Å². The summed E-state index contributed by atoms with van der Waals surface area (Å²) in [6.45, 7) is 0. The van der Waals surface area contributed by atoms with Gasteiger partial charge in [-0.1, -0.05) is 182 Å². The smallest absolute Gasteiger partial charge is 0.166 e. The van der Waals surface area contributed by atoms with Crippen LogP contribution in [0.15, 0.2) is 243 Å². The molecule has 5 aromatic heterocycles. The van der Waals surface area contributed by atoms with E-state index < -0.39 is 0 Å². The van der Waals surface area contributed by atoms with Gasteiger partial charge in [-0.25, -0.2) is 15.0 Å². The van der Waals surface area contributed by atoms with Crippen LogP contribution in [0.25, 0.3) is 152 Å². The van der Waals surface area contributed by atoms with Crippen LogP contribution in [0, 0.1) is 11.3 Å². The fourth-order valence-electron chi connectivity index (χ4n) is 12.0. The first-order valence-corrected chi connectivity index (χ1v) is 27.6. The third kappa shape index (κ3) is 6.69. The van der Waals surface area contributed by atoms with Gasteiger partial charge in [-0.05, 0) is 77.4 Å². The van der Waals surface area contributed by atoms with Gasteiger partial charge in [-0.2, -0.15) is 5.26 Å². The number of nitrogens with zero attached hydrogens (tertiary/aromatic N) is 6. The van der Waals surface area contributed by atoms with Gasteiger partial charge < -0.3 is 9.13 Å². The zero-order valence-corrected chi connectivity index (χ0v) is 43.2. The van der Waals surface area contributed by atoms with E-state index in [4.69, 9.17) is 15.0 Å². The fourth-order valence-corrected chi connectivity index (χ4v) is 14.6. The molecule has 0 aliphatic heterocycles. The topological polar surface area (TPSA) is 72.3 Å². The van der Waals surface area contributed by atoms with Crippen LogP contribution in [0.4, 0.5) is 0 Å². The molecule has 8 heteroatoms. The summed E-state index contributed by atoms with van der Waals surface area (Å²) in [4.78, 5) is 16.4. The number of para-hydroxylation sites is 2. The first kappa shape index (κ1) is 44.3. The maximum absolute atomic E-state index is 10.6. The van der Waals surface area contributed by atoms with Crippen molar-refractivity contribution in [3.8, 4) is 73.9 Å². The van der Waals surface area contributed by atoms with E-state index in [2.05, 4.69) is 197 Å². The van der Waals surface area contributed by atoms with E-state index in [-0.39, 0.29) is 0 Å². The number of hydrogen-bond acceptors (Lipinski definition) is 6. The van der Waals surface area contributed by atoms with Crippen molar-refractivity contribution in [2.24, 2.45) is 0 Å². The Morgan fingerprint density at radius 2 is 0.821 bits per heavy atom. The number of aromatic nitrogens is 5. The maximum Gasteiger partial charge on any atom is 0.166 e. The standard InChI is InChI=1S/C70H40N6S2/c71-41-45-22-7-8-23-46(45)44-34-37-57(75-55-29-13-9-26-52(55)63-59(75)38-35-50-47-24-11-15-32-61(47)77-66(50)63)54(40-44)49-28-17-31-58(65(49)70-73-68(42-18-3-1-4-19-42)72-69(74-70)43-20-5-2-6-21-43)76-56-30-14-10-27-53(56)64-60(76)39-36-51-48-25-12-16-33-62(48)78-67(51)64/h1-40H. The molecule has 0 amide bonds. The maximum atomic E-state index is 10.6. The summed E-state index contributed by atoms with van der Waals surface area (Å²) < 4.78 is 9.91. The van der Waals surface area contributed by atoms with E-state index in [9.17, 15) is 5.26 Å². The second kappa shape index (κ2) is 17.5. The lowest BCUT2D eigenvalue weighted by molar-refractivity contribution is 1.06. The fraction of sp³-hybridized carbons (Fsp3) is 0. The van der Waals surface area contributed by atoms with Crippen LogP contribution in [0.2, 0.25) is 0 Å². The summed E-state index contributed by atoms with van der Waals surface area (Å²) in [7, 11) is 0. The minimum Gasteiger partial charge on any atom is -0.309 e. The van der Waals surface area contributed by atoms with Gasteiger partial charge in [0.1, 0.15) is 0 Å². The van der Waals surface area contributed by atoms with Crippen LogP contribution in [0.5, 0.6) is 0 Å². The van der Waals surface area contributed by atoms with E-state index in [0.717, 1.165) is 72.4 Å². The van der Waals surface area contributed by atoms with Gasteiger partial charge in [0.15, 0.2) is 17.5 Å². The van der Waals surface area contributed by atoms with Crippen LogP contribution in [-0.4, -0.2) is 24.1 Å². The van der Waals surface area contributed by atoms with Gasteiger partial charge in [0.25, 0.3) is 0 Å². The van der Waals surface area contributed by atoms with Gasteiger partial charge in [0.2, 0.25) is 0 Å². The Bertz CT molecular complexity index is 5120. The Morgan fingerprint density at radius 1 is 0.333 bits per heavy atom. The van der Waals surface area contributed by atoms with Crippen LogP contribution in [0.1, 0.15) is 5.56 Å². The molecule has 16 rings (SSSR count). The molecule has 0 N–H and O–H groups in total. The largest absolute Gasteiger partial charge is 0.309 e. The molecule has 0 saturated carbocycles. The average molecular weight is 1030 g/mol. The molecule has 0 unspecified atom stereocenters. The first-order valence-electron chi connectivity index (χ1n) is 26.0. The molecule has 0 fully saturated rings. The molecule has 362 valence electrons. The summed E-state index contributed by atoms with van der Waals surface area (Å²) in [6.07, 6.45) is 0. The quantitative estimate of drug-likeness (QED) is 0.159. The second-order valence-corrected chi connectivity index (χ2v) is 21.8. The summed E-state index contributed by atoms with van der Waals surface area (Å²) in [5.74, 6) is 1.67. The third-order valence-corrected chi connectivity index (χ3v) is 17.9. The Hall–Kier alpha value is -10.0. The molecule has 0 bridgehead atoms. The third-order valence-electron chi connectivity index (χ3n) is 15.5. The average Bonchev–Trinajstić information content (AvgIpc) is 4.46. The van der Waals surface area contributed by atoms with Crippen molar-refractivity contribution in [2.45, 2.75) is 0 Å². The predicted octanol–water partition coefficient (Wildman–Crippen LogP) is 19.0. The lowest BCUT2D eigenvalue weighted by Gasteiger charge is -2.21. The van der Waals surface area contributed by atoms with E-state index >= 15 is 0 Å². The first-order chi connectivity index (χ1) is 38.7. The van der Waals surface area contributed by atoms with Gasteiger partial charge in [0, 0.05) is 78.6 Å². The summed E-state index contributed by atoms with van der Waals surface area (Å²) >= 11 is 3.70. The molecule has 0 aliphatic rings. The highest BCUT2D eigenvalue weighted by Crippen LogP contribution is 2.49. The lowest BCUT2D eigenvalue weighted by Crippen LogP contribution is -2.06. The molecular weight excluding hydrogens is 989 g/mol. The molecule has 0 spiro atoms. The number of fused-ring (bicyclic) bond motifs is 14. The van der Waals surface area contributed by atoms with Crippen LogP contribution < -0.4 is 0 Å². The zero-order valence-electron chi connectivity index (χ0n) is 41.6. The van der Waals surface area contributed by atoms with Gasteiger partial charge >= 0.3 is 0 Å². The molecular formula is C70H40N6S2. The summed E-state index contributed by atoms with van der Waals surface area (Å²) in [5.41, 5.74) is 13.1. The Balaban J connectivity index is 1.07. The molecule has 16 aromatic rings. The molecule has 6 nitrogen and oxygen atoms in total. The number of hydrogen-bond donors (Lipinski definition) is 0. The number of rotatable bonds is 7. The highest BCUT2D eigenvalue weighted by atomic mass is 32.1. The highest BCUT2D eigenvalue weighted by Gasteiger charge is 2.27. The van der Waals surface area contributed by atoms with Crippen molar-refractivity contribution in [3.05, 3.63) is 248 Å². The van der Waals surface area contributed by atoms with Crippen LogP contribution >= 0.6 is 22.7 Å². The molecule has 11 aromatic carbocycles.